The van der Waals surface area contributed by atoms with Crippen molar-refractivity contribution in [3.05, 3.63) is 129 Å². The minimum atomic E-state index is -4.52. The van der Waals surface area contributed by atoms with E-state index in [1.807, 2.05) is 60.7 Å². The van der Waals surface area contributed by atoms with E-state index in [9.17, 15) is 28.1 Å². The van der Waals surface area contributed by atoms with Crippen LogP contribution in [-0.2, 0) is 21.4 Å². The molecule has 13 heteroatoms. The summed E-state index contributed by atoms with van der Waals surface area (Å²) in [7, 11) is 0. The average Bonchev–Trinajstić information content (AvgIpc) is 3.47. The summed E-state index contributed by atoms with van der Waals surface area (Å²) in [6.07, 6.45) is -4.30. The molecule has 9 nitrogen and oxygen atoms in total. The molecule has 0 atom stereocenters. The van der Waals surface area contributed by atoms with Gasteiger partial charge in [0.05, 0.1) is 28.5 Å². The first-order valence-electron chi connectivity index (χ1n) is 13.0. The Balaban J connectivity index is 0.000000204. The molecule has 0 radical (unpaired) electrons. The summed E-state index contributed by atoms with van der Waals surface area (Å²) in [5.74, 6) is -0.923. The number of ether oxygens (including phenoxy) is 2. The number of oxime groups is 1. The predicted octanol–water partition coefficient (Wildman–Crippen LogP) is 8.25. The quantitative estimate of drug-likeness (QED) is 0.154. The molecular weight excluding hydrogens is 605 g/mol. The van der Waals surface area contributed by atoms with E-state index in [2.05, 4.69) is 5.16 Å². The fourth-order valence-electron chi connectivity index (χ4n) is 4.31. The molecule has 1 N–H and O–H groups in total. The molecule has 0 unspecified atom stereocenters. The first-order valence-corrected chi connectivity index (χ1v) is 13.4. The second kappa shape index (κ2) is 13.5. The molecule has 0 spiro atoms. The summed E-state index contributed by atoms with van der Waals surface area (Å²) >= 11 is 5.80. The van der Waals surface area contributed by atoms with Crippen LogP contribution < -0.4 is 9.47 Å². The van der Waals surface area contributed by atoms with E-state index in [-0.39, 0.29) is 46.7 Å². The summed E-state index contributed by atoms with van der Waals surface area (Å²) in [5, 5.41) is 23.6. The summed E-state index contributed by atoms with van der Waals surface area (Å²) < 4.78 is 48.4. The van der Waals surface area contributed by atoms with Crippen molar-refractivity contribution >= 4 is 29.0 Å². The van der Waals surface area contributed by atoms with Gasteiger partial charge in [-0.2, -0.15) is 13.2 Å². The smallest absolute Gasteiger partial charge is 0.416 e. The Bertz CT molecular complexity index is 1630. The number of carbonyl (C=O) groups is 1. The Morgan fingerprint density at radius 1 is 1.00 bits per heavy atom. The molecule has 0 saturated heterocycles. The molecule has 0 aliphatic carbocycles. The van der Waals surface area contributed by atoms with Crippen LogP contribution in [0.25, 0.3) is 0 Å². The molecule has 0 saturated carbocycles. The van der Waals surface area contributed by atoms with Crippen molar-refractivity contribution in [1.29, 1.82) is 0 Å². The zero-order chi connectivity index (χ0) is 31.9. The lowest BCUT2D eigenvalue weighted by atomic mass is 9.82. The summed E-state index contributed by atoms with van der Waals surface area (Å²) in [4.78, 5) is 27.0. The van der Waals surface area contributed by atoms with Gasteiger partial charge in [0.1, 0.15) is 11.5 Å². The molecule has 0 fully saturated rings. The van der Waals surface area contributed by atoms with E-state index < -0.39 is 28.2 Å². The SMILES string of the molecule is CCOc1cc(Oc2ccc(C(F)(F)F)cc2Cl)ccc1[N+](=O)[O-].O=C(O)C1=NOC(c2ccccc2)(c2ccccc2)C1. The highest BCUT2D eigenvalue weighted by Crippen LogP contribution is 2.41. The number of nitro groups is 1. The normalized spacial score (nSPS) is 13.5. The Morgan fingerprint density at radius 2 is 1.61 bits per heavy atom. The van der Waals surface area contributed by atoms with Crippen LogP contribution in [0.2, 0.25) is 5.02 Å². The first kappa shape index (κ1) is 31.8. The topological polar surface area (TPSA) is 120 Å². The van der Waals surface area contributed by atoms with Crippen LogP contribution in [0, 0.1) is 10.1 Å². The van der Waals surface area contributed by atoms with Gasteiger partial charge in [-0.05, 0) is 31.2 Å². The fourth-order valence-corrected chi connectivity index (χ4v) is 4.52. The summed E-state index contributed by atoms with van der Waals surface area (Å²) in [6.45, 7) is 1.86. The van der Waals surface area contributed by atoms with Gasteiger partial charge in [0.25, 0.3) is 0 Å². The highest BCUT2D eigenvalue weighted by molar-refractivity contribution is 6.36. The predicted molar refractivity (Wildman–Crippen MR) is 155 cm³/mol. The molecule has 0 amide bonds. The van der Waals surface area contributed by atoms with E-state index in [1.165, 1.54) is 18.2 Å². The van der Waals surface area contributed by atoms with Gasteiger partial charge >= 0.3 is 17.8 Å². The number of hydrogen-bond acceptors (Lipinski definition) is 7. The van der Waals surface area contributed by atoms with Gasteiger partial charge in [0.2, 0.25) is 5.75 Å². The van der Waals surface area contributed by atoms with E-state index in [4.69, 9.17) is 31.0 Å². The second-order valence-corrected chi connectivity index (χ2v) is 9.64. The second-order valence-electron chi connectivity index (χ2n) is 9.23. The summed E-state index contributed by atoms with van der Waals surface area (Å²) in [6, 6.07) is 25.5. The highest BCUT2D eigenvalue weighted by atomic mass is 35.5. The van der Waals surface area contributed by atoms with Crippen LogP contribution in [0.4, 0.5) is 18.9 Å². The third kappa shape index (κ3) is 7.27. The van der Waals surface area contributed by atoms with Gasteiger partial charge in [-0.1, -0.05) is 77.4 Å². The largest absolute Gasteiger partial charge is 0.487 e. The minimum Gasteiger partial charge on any atom is -0.487 e. The number of carboxylic acid groups (broad SMARTS) is 1. The molecule has 0 bridgehead atoms. The maximum atomic E-state index is 12.6. The third-order valence-electron chi connectivity index (χ3n) is 6.37. The van der Waals surface area contributed by atoms with Crippen molar-refractivity contribution in [1.82, 2.24) is 0 Å². The summed E-state index contributed by atoms with van der Waals surface area (Å²) in [5.41, 5.74) is -0.174. The van der Waals surface area contributed by atoms with Crippen LogP contribution >= 0.6 is 11.6 Å². The number of rotatable bonds is 8. The Labute approximate surface area is 254 Å². The number of halogens is 4. The zero-order valence-electron chi connectivity index (χ0n) is 23.0. The number of nitro benzene ring substituents is 1. The van der Waals surface area contributed by atoms with Crippen LogP contribution in [0.5, 0.6) is 17.2 Å². The van der Waals surface area contributed by atoms with Crippen LogP contribution in [0.3, 0.4) is 0 Å². The van der Waals surface area contributed by atoms with Crippen molar-refractivity contribution in [3.63, 3.8) is 0 Å². The number of carboxylic acids is 1. The van der Waals surface area contributed by atoms with Crippen molar-refractivity contribution in [3.8, 4) is 17.2 Å². The molecule has 5 rings (SSSR count). The molecule has 228 valence electrons. The van der Waals surface area contributed by atoms with Gasteiger partial charge in [0, 0.05) is 23.3 Å². The molecular formula is C31H24ClF3N2O7. The monoisotopic (exact) mass is 628 g/mol. The number of hydrogen-bond donors (Lipinski definition) is 1. The van der Waals surface area contributed by atoms with Crippen LogP contribution in [0.1, 0.15) is 30.0 Å². The lowest BCUT2D eigenvalue weighted by molar-refractivity contribution is -0.385. The number of alkyl halides is 3. The number of benzene rings is 4. The van der Waals surface area contributed by atoms with Crippen molar-refractivity contribution in [2.75, 3.05) is 6.61 Å². The Morgan fingerprint density at radius 3 is 2.09 bits per heavy atom. The van der Waals surface area contributed by atoms with Crippen molar-refractivity contribution in [2.24, 2.45) is 5.16 Å². The molecule has 1 aliphatic heterocycles. The number of nitrogens with zero attached hydrogens (tertiary/aromatic N) is 2. The van der Waals surface area contributed by atoms with Gasteiger partial charge < -0.3 is 19.4 Å². The molecule has 1 aliphatic rings. The maximum absolute atomic E-state index is 12.6. The standard InChI is InChI=1S/C16H13NO3.C15H11ClF3NO4/c18-15(19)14-11-16(20-17-14,12-7-3-1-4-8-12)13-9-5-2-6-10-13;1-2-23-14-8-10(4-5-12(14)20(21)22)24-13-6-3-9(7-11(13)16)15(17,18)19/h1-10H,11H2,(H,18,19);3-8H,2H2,1H3. The molecule has 4 aromatic carbocycles. The maximum Gasteiger partial charge on any atom is 0.416 e. The highest BCUT2D eigenvalue weighted by Gasteiger charge is 2.44. The van der Waals surface area contributed by atoms with Gasteiger partial charge in [-0.15, -0.1) is 0 Å². The van der Waals surface area contributed by atoms with Gasteiger partial charge in [-0.3, -0.25) is 10.1 Å². The Hall–Kier alpha value is -5.10. The molecule has 4 aromatic rings. The fraction of sp³-hybridized carbons (Fsp3) is 0.161. The number of aliphatic carboxylic acids is 1. The van der Waals surface area contributed by atoms with Crippen molar-refractivity contribution < 1.29 is 42.3 Å². The Kier molecular flexibility index (Phi) is 9.74. The van der Waals surface area contributed by atoms with E-state index >= 15 is 0 Å². The molecule has 1 heterocycles. The van der Waals surface area contributed by atoms with Crippen molar-refractivity contribution in [2.45, 2.75) is 25.1 Å². The zero-order valence-corrected chi connectivity index (χ0v) is 23.7. The average molecular weight is 629 g/mol. The van der Waals surface area contributed by atoms with Gasteiger partial charge in [0.15, 0.2) is 11.3 Å². The molecule has 44 heavy (non-hydrogen) atoms. The third-order valence-corrected chi connectivity index (χ3v) is 6.67. The van der Waals surface area contributed by atoms with Gasteiger partial charge in [-0.25, -0.2) is 4.79 Å². The lowest BCUT2D eigenvalue weighted by Gasteiger charge is -2.27. The van der Waals surface area contributed by atoms with Crippen LogP contribution in [0.15, 0.2) is 102 Å². The van der Waals surface area contributed by atoms with E-state index in [1.54, 1.807) is 6.92 Å². The minimum absolute atomic E-state index is 0.0111. The first-order chi connectivity index (χ1) is 20.9. The lowest BCUT2D eigenvalue weighted by Crippen LogP contribution is -2.29. The van der Waals surface area contributed by atoms with E-state index in [0.717, 1.165) is 29.3 Å². The van der Waals surface area contributed by atoms with Crippen LogP contribution in [-0.4, -0.2) is 28.3 Å². The van der Waals surface area contributed by atoms with E-state index in [0.29, 0.717) is 0 Å². The molecule has 0 aromatic heterocycles.